The van der Waals surface area contributed by atoms with Gasteiger partial charge in [0.1, 0.15) is 0 Å². The number of ketones is 1. The Morgan fingerprint density at radius 1 is 1.09 bits per heavy atom. The lowest BCUT2D eigenvalue weighted by molar-refractivity contribution is 0.0793. The normalized spacial score (nSPS) is 19.6. The molecule has 2 aliphatic rings. The van der Waals surface area contributed by atoms with Crippen molar-refractivity contribution in [3.8, 4) is 0 Å². The summed E-state index contributed by atoms with van der Waals surface area (Å²) in [5.41, 5.74) is 2.72. The van der Waals surface area contributed by atoms with E-state index in [1.807, 2.05) is 11.8 Å². The zero-order valence-electron chi connectivity index (χ0n) is 13.2. The number of nitrogens with zero attached hydrogens (tertiary/aromatic N) is 1. The molecule has 22 heavy (non-hydrogen) atoms. The van der Waals surface area contributed by atoms with Crippen LogP contribution in [0.3, 0.4) is 0 Å². The number of thiophene rings is 1. The first kappa shape index (κ1) is 15.5. The molecule has 1 fully saturated rings. The molecule has 4 heteroatoms. The predicted molar refractivity (Wildman–Crippen MR) is 89.6 cm³/mol. The average molecular weight is 317 g/mol. The topological polar surface area (TPSA) is 37.4 Å². The Morgan fingerprint density at radius 3 is 2.68 bits per heavy atom. The van der Waals surface area contributed by atoms with Crippen LogP contribution < -0.4 is 0 Å². The highest BCUT2D eigenvalue weighted by Crippen LogP contribution is 2.35. The summed E-state index contributed by atoms with van der Waals surface area (Å²) in [5, 5.41) is 0. The molecule has 0 radical (unpaired) electrons. The lowest BCUT2D eigenvalue weighted by Gasteiger charge is -2.27. The molecule has 1 aliphatic heterocycles. The molecule has 3 nitrogen and oxygen atoms in total. The van der Waals surface area contributed by atoms with Gasteiger partial charge in [0, 0.05) is 23.5 Å². The van der Waals surface area contributed by atoms with Gasteiger partial charge in [0.2, 0.25) is 0 Å². The van der Waals surface area contributed by atoms with Crippen molar-refractivity contribution in [3.05, 3.63) is 33.2 Å². The number of Topliss-reactive ketones (excluding diaryl/α,β-unsaturated/α-hetero) is 1. The van der Waals surface area contributed by atoms with Gasteiger partial charge in [0.15, 0.2) is 5.78 Å². The van der Waals surface area contributed by atoms with E-state index >= 15 is 0 Å². The van der Waals surface area contributed by atoms with E-state index in [0.717, 1.165) is 65.2 Å². The van der Waals surface area contributed by atoms with Gasteiger partial charge in [0.25, 0.3) is 5.91 Å². The number of amides is 1. The number of hydrogen-bond acceptors (Lipinski definition) is 3. The fourth-order valence-corrected chi connectivity index (χ4v) is 4.66. The summed E-state index contributed by atoms with van der Waals surface area (Å²) >= 11 is 1.50. The minimum Gasteiger partial charge on any atom is -0.313 e. The molecule has 0 aromatic carbocycles. The minimum absolute atomic E-state index is 0.0663. The van der Waals surface area contributed by atoms with Crippen molar-refractivity contribution in [2.24, 2.45) is 0 Å². The van der Waals surface area contributed by atoms with Gasteiger partial charge in [-0.05, 0) is 44.6 Å². The maximum atomic E-state index is 13.1. The van der Waals surface area contributed by atoms with Crippen molar-refractivity contribution >= 4 is 23.0 Å². The molecule has 0 N–H and O–H groups in total. The number of hydrogen-bond donors (Lipinski definition) is 0. The molecular weight excluding hydrogens is 294 g/mol. The van der Waals surface area contributed by atoms with E-state index in [0.29, 0.717) is 6.42 Å². The molecule has 1 amide bonds. The monoisotopic (exact) mass is 317 g/mol. The number of fused-ring (bicyclic) bond motifs is 1. The number of carbonyl (C=O) groups excluding carboxylic acids is 2. The summed E-state index contributed by atoms with van der Waals surface area (Å²) in [6.45, 7) is 6.85. The minimum atomic E-state index is 0.0663. The molecule has 0 atom stereocenters. The average Bonchev–Trinajstić information content (AvgIpc) is 2.80. The molecule has 0 spiro atoms. The van der Waals surface area contributed by atoms with Crippen LogP contribution in [-0.2, 0) is 6.42 Å². The zero-order valence-corrected chi connectivity index (χ0v) is 14.1. The first-order valence-corrected chi connectivity index (χ1v) is 9.06. The van der Waals surface area contributed by atoms with Gasteiger partial charge in [-0.2, -0.15) is 0 Å². The van der Waals surface area contributed by atoms with Gasteiger partial charge in [-0.1, -0.05) is 19.4 Å². The number of likely N-dealkylation sites (tertiary alicyclic amines) is 1. The third-order valence-corrected chi connectivity index (χ3v) is 5.89. The number of aryl methyl sites for hydroxylation is 1. The second-order valence-electron chi connectivity index (χ2n) is 6.30. The van der Waals surface area contributed by atoms with E-state index < -0.39 is 0 Å². The van der Waals surface area contributed by atoms with Crippen LogP contribution >= 0.6 is 11.3 Å². The second kappa shape index (κ2) is 6.37. The van der Waals surface area contributed by atoms with Gasteiger partial charge < -0.3 is 4.90 Å². The maximum absolute atomic E-state index is 13.1. The molecule has 1 aliphatic carbocycles. The highest BCUT2D eigenvalue weighted by molar-refractivity contribution is 7.14. The van der Waals surface area contributed by atoms with Crippen LogP contribution in [0.2, 0.25) is 0 Å². The highest BCUT2D eigenvalue weighted by atomic mass is 32.1. The molecule has 0 saturated carbocycles. The van der Waals surface area contributed by atoms with Crippen LogP contribution in [-0.4, -0.2) is 23.1 Å². The lowest BCUT2D eigenvalue weighted by Crippen LogP contribution is -2.33. The largest absolute Gasteiger partial charge is 0.313 e. The van der Waals surface area contributed by atoms with Crippen molar-refractivity contribution in [1.29, 1.82) is 0 Å². The Hall–Kier alpha value is -1.42. The van der Waals surface area contributed by atoms with Crippen LogP contribution in [0, 0.1) is 6.92 Å². The predicted octanol–water partition coefficient (Wildman–Crippen LogP) is 4.50. The van der Waals surface area contributed by atoms with Crippen LogP contribution in [0.25, 0.3) is 0 Å². The SMILES string of the molecule is C=C1CCCCCCN1C(=O)c1c(C)sc2c1CCCC2=O. The Kier molecular flexibility index (Phi) is 4.48. The Labute approximate surface area is 136 Å². The van der Waals surface area contributed by atoms with Crippen molar-refractivity contribution in [1.82, 2.24) is 4.90 Å². The van der Waals surface area contributed by atoms with Gasteiger partial charge in [-0.3, -0.25) is 9.59 Å². The van der Waals surface area contributed by atoms with Gasteiger partial charge in [-0.15, -0.1) is 11.3 Å². The molecular formula is C18H23NO2S. The third-order valence-electron chi connectivity index (χ3n) is 4.70. The number of allylic oxidation sites excluding steroid dienone is 1. The van der Waals surface area contributed by atoms with E-state index in [2.05, 4.69) is 6.58 Å². The van der Waals surface area contributed by atoms with Crippen LogP contribution in [0.4, 0.5) is 0 Å². The summed E-state index contributed by atoms with van der Waals surface area (Å²) < 4.78 is 0. The zero-order chi connectivity index (χ0) is 15.7. The fourth-order valence-electron chi connectivity index (χ4n) is 3.50. The van der Waals surface area contributed by atoms with Gasteiger partial charge in [-0.25, -0.2) is 0 Å². The summed E-state index contributed by atoms with van der Waals surface area (Å²) in [7, 11) is 0. The fraction of sp³-hybridized carbons (Fsp3) is 0.556. The van der Waals surface area contributed by atoms with Crippen LogP contribution in [0.5, 0.6) is 0 Å². The quantitative estimate of drug-likeness (QED) is 0.765. The third kappa shape index (κ3) is 2.76. The highest BCUT2D eigenvalue weighted by Gasteiger charge is 2.30. The van der Waals surface area contributed by atoms with Crippen molar-refractivity contribution in [2.75, 3.05) is 6.54 Å². The Bertz CT molecular complexity index is 629. The molecule has 0 unspecified atom stereocenters. The molecule has 2 heterocycles. The van der Waals surface area contributed by atoms with E-state index in [9.17, 15) is 9.59 Å². The lowest BCUT2D eigenvalue weighted by atomic mass is 9.93. The van der Waals surface area contributed by atoms with Crippen molar-refractivity contribution in [2.45, 2.75) is 58.3 Å². The van der Waals surface area contributed by atoms with Crippen LogP contribution in [0.15, 0.2) is 12.3 Å². The molecule has 1 saturated heterocycles. The maximum Gasteiger partial charge on any atom is 0.259 e. The standard InChI is InChI=1S/C18H23NO2S/c1-12-8-5-3-4-6-11-19(12)18(21)16-13(2)22-17-14(16)9-7-10-15(17)20/h1,3-11H2,2H3. The van der Waals surface area contributed by atoms with Crippen molar-refractivity contribution < 1.29 is 9.59 Å². The molecule has 3 rings (SSSR count). The van der Waals surface area contributed by atoms with Gasteiger partial charge >= 0.3 is 0 Å². The van der Waals surface area contributed by atoms with E-state index in [4.69, 9.17) is 0 Å². The van der Waals surface area contributed by atoms with Gasteiger partial charge in [0.05, 0.1) is 10.4 Å². The van der Waals surface area contributed by atoms with Crippen molar-refractivity contribution in [3.63, 3.8) is 0 Å². The molecule has 1 aromatic rings. The summed E-state index contributed by atoms with van der Waals surface area (Å²) in [6, 6.07) is 0. The van der Waals surface area contributed by atoms with E-state index in [1.54, 1.807) is 0 Å². The Morgan fingerprint density at radius 2 is 1.86 bits per heavy atom. The van der Waals surface area contributed by atoms with Crippen LogP contribution in [0.1, 0.15) is 75.4 Å². The number of rotatable bonds is 1. The summed E-state index contributed by atoms with van der Waals surface area (Å²) in [4.78, 5) is 28.9. The van der Waals surface area contributed by atoms with E-state index in [-0.39, 0.29) is 11.7 Å². The Balaban J connectivity index is 1.94. The molecule has 0 bridgehead atoms. The first-order chi connectivity index (χ1) is 10.6. The molecule has 118 valence electrons. The molecule has 1 aromatic heterocycles. The second-order valence-corrected chi connectivity index (χ2v) is 7.53. The summed E-state index contributed by atoms with van der Waals surface area (Å²) in [5.74, 6) is 0.275. The number of carbonyl (C=O) groups is 2. The first-order valence-electron chi connectivity index (χ1n) is 8.24. The summed E-state index contributed by atoms with van der Waals surface area (Å²) in [6.07, 6.45) is 7.79. The smallest absolute Gasteiger partial charge is 0.259 e. The van der Waals surface area contributed by atoms with E-state index in [1.165, 1.54) is 24.2 Å².